The molecule has 1 aliphatic carbocycles. The number of carbonyl (C=O) groups is 3. The Kier molecular flexibility index (Phi) is 6.08. The monoisotopic (exact) mass is 464 g/mol. The minimum absolute atomic E-state index is 0.0336. The van der Waals surface area contributed by atoms with Gasteiger partial charge in [0, 0.05) is 30.6 Å². The van der Waals surface area contributed by atoms with Gasteiger partial charge in [0.25, 0.3) is 5.91 Å². The molecule has 3 aromatic rings. The van der Waals surface area contributed by atoms with Crippen molar-refractivity contribution in [3.63, 3.8) is 0 Å². The van der Waals surface area contributed by atoms with E-state index >= 15 is 0 Å². The lowest BCUT2D eigenvalue weighted by Crippen LogP contribution is -2.38. The topological polar surface area (TPSA) is 167 Å². The lowest BCUT2D eigenvalue weighted by atomic mass is 9.97. The zero-order chi connectivity index (χ0) is 24.5. The van der Waals surface area contributed by atoms with Crippen LogP contribution in [-0.4, -0.2) is 48.1 Å². The van der Waals surface area contributed by atoms with E-state index in [2.05, 4.69) is 10.3 Å². The Morgan fingerprint density at radius 2 is 1.82 bits per heavy atom. The first-order valence-electron chi connectivity index (χ1n) is 10.6. The van der Waals surface area contributed by atoms with Crippen LogP contribution in [-0.2, 0) is 9.59 Å². The zero-order valence-corrected chi connectivity index (χ0v) is 18.4. The third kappa shape index (κ3) is 3.99. The number of pyridine rings is 1. The Hall–Kier alpha value is -4.18. The highest BCUT2D eigenvalue weighted by Crippen LogP contribution is 2.59. The molecule has 1 fully saturated rings. The summed E-state index contributed by atoms with van der Waals surface area (Å²) < 4.78 is 11.6. The van der Waals surface area contributed by atoms with Crippen LogP contribution in [0, 0.1) is 5.41 Å². The average molecular weight is 464 g/mol. The maximum absolute atomic E-state index is 12.4. The largest absolute Gasteiger partial charge is 0.490 e. The first-order chi connectivity index (χ1) is 16.3. The van der Waals surface area contributed by atoms with Crippen LogP contribution in [0.5, 0.6) is 17.2 Å². The fourth-order valence-corrected chi connectivity index (χ4v) is 4.05. The van der Waals surface area contributed by atoms with E-state index in [4.69, 9.17) is 26.0 Å². The van der Waals surface area contributed by atoms with Gasteiger partial charge in [-0.05, 0) is 36.2 Å². The van der Waals surface area contributed by atoms with Gasteiger partial charge in [0.2, 0.25) is 11.8 Å². The summed E-state index contributed by atoms with van der Waals surface area (Å²) in [6.07, 6.45) is 1.86. The van der Waals surface area contributed by atoms with Crippen LogP contribution in [0.25, 0.3) is 10.9 Å². The number of rotatable bonds is 9. The molecule has 10 nitrogen and oxygen atoms in total. The molecule has 6 N–H and O–H groups in total. The van der Waals surface area contributed by atoms with E-state index in [-0.39, 0.29) is 37.0 Å². The van der Waals surface area contributed by atoms with Crippen molar-refractivity contribution in [2.45, 2.75) is 12.3 Å². The summed E-state index contributed by atoms with van der Waals surface area (Å²) in [5, 5.41) is 12.2. The first kappa shape index (κ1) is 23.0. The number of ether oxygens (including phenoxy) is 2. The molecule has 2 aromatic carbocycles. The van der Waals surface area contributed by atoms with Crippen LogP contribution in [0.15, 0.2) is 48.7 Å². The number of aromatic nitrogens is 1. The van der Waals surface area contributed by atoms with Gasteiger partial charge < -0.3 is 31.4 Å². The van der Waals surface area contributed by atoms with E-state index in [1.807, 2.05) is 0 Å². The number of fused-ring (bicyclic) bond motifs is 1. The van der Waals surface area contributed by atoms with Gasteiger partial charge in [-0.1, -0.05) is 12.1 Å². The smallest absolute Gasteiger partial charge is 0.254 e. The molecule has 10 heteroatoms. The SMILES string of the molecule is CNC(=O)c1cc2c(Oc3ccc(C4CC4(C(N)=O)C(N)=O)cc3)ccnc2cc1OCCO. The van der Waals surface area contributed by atoms with Gasteiger partial charge in [0.1, 0.15) is 29.3 Å². The molecule has 1 aliphatic rings. The molecule has 0 saturated heterocycles. The molecule has 0 spiro atoms. The first-order valence-corrected chi connectivity index (χ1v) is 10.6. The summed E-state index contributed by atoms with van der Waals surface area (Å²) in [5.41, 5.74) is 11.1. The van der Waals surface area contributed by atoms with Crippen molar-refractivity contribution >= 4 is 28.6 Å². The van der Waals surface area contributed by atoms with Gasteiger partial charge >= 0.3 is 0 Å². The molecule has 3 amide bonds. The second-order valence-electron chi connectivity index (χ2n) is 7.95. The Morgan fingerprint density at radius 1 is 1.12 bits per heavy atom. The van der Waals surface area contributed by atoms with Crippen molar-refractivity contribution in [3.8, 4) is 17.2 Å². The molecule has 0 aliphatic heterocycles. The molecule has 4 rings (SSSR count). The van der Waals surface area contributed by atoms with Crippen molar-refractivity contribution in [2.24, 2.45) is 16.9 Å². The van der Waals surface area contributed by atoms with Crippen LogP contribution in [0.2, 0.25) is 0 Å². The molecule has 0 radical (unpaired) electrons. The van der Waals surface area contributed by atoms with Gasteiger partial charge in [-0.2, -0.15) is 0 Å². The van der Waals surface area contributed by atoms with Crippen LogP contribution < -0.4 is 26.3 Å². The Morgan fingerprint density at radius 3 is 2.41 bits per heavy atom. The van der Waals surface area contributed by atoms with Gasteiger partial charge in [-0.15, -0.1) is 0 Å². The van der Waals surface area contributed by atoms with E-state index < -0.39 is 17.2 Å². The highest BCUT2D eigenvalue weighted by Gasteiger charge is 2.64. The number of hydrogen-bond acceptors (Lipinski definition) is 7. The van der Waals surface area contributed by atoms with Gasteiger partial charge in [0.05, 0.1) is 17.7 Å². The second kappa shape index (κ2) is 8.99. The maximum Gasteiger partial charge on any atom is 0.254 e. The molecule has 176 valence electrons. The lowest BCUT2D eigenvalue weighted by Gasteiger charge is -2.14. The predicted octanol–water partition coefficient (Wildman–Crippen LogP) is 1.20. The molecule has 34 heavy (non-hydrogen) atoms. The fraction of sp³-hybridized carbons (Fsp3) is 0.250. The Bertz CT molecular complexity index is 1260. The number of aliphatic hydroxyl groups is 1. The highest BCUT2D eigenvalue weighted by molar-refractivity contribution is 6.08. The van der Waals surface area contributed by atoms with Crippen molar-refractivity contribution < 1.29 is 29.0 Å². The van der Waals surface area contributed by atoms with E-state index in [1.165, 1.54) is 7.05 Å². The van der Waals surface area contributed by atoms with Crippen molar-refractivity contribution in [2.75, 3.05) is 20.3 Å². The van der Waals surface area contributed by atoms with Crippen LogP contribution in [0.1, 0.15) is 28.3 Å². The van der Waals surface area contributed by atoms with Crippen molar-refractivity contribution in [1.29, 1.82) is 0 Å². The van der Waals surface area contributed by atoms with Crippen molar-refractivity contribution in [3.05, 3.63) is 59.8 Å². The van der Waals surface area contributed by atoms with Crippen LogP contribution >= 0.6 is 0 Å². The minimum Gasteiger partial charge on any atom is -0.490 e. The van der Waals surface area contributed by atoms with E-state index in [1.54, 1.807) is 48.7 Å². The quantitative estimate of drug-likeness (QED) is 0.345. The fourth-order valence-electron chi connectivity index (χ4n) is 4.05. The van der Waals surface area contributed by atoms with Gasteiger partial charge in [0.15, 0.2) is 0 Å². The summed E-state index contributed by atoms with van der Waals surface area (Å²) in [6, 6.07) is 11.9. The van der Waals surface area contributed by atoms with E-state index in [0.29, 0.717) is 28.2 Å². The molecule has 1 heterocycles. The molecular weight excluding hydrogens is 440 g/mol. The zero-order valence-electron chi connectivity index (χ0n) is 18.4. The number of primary amides is 2. The lowest BCUT2D eigenvalue weighted by molar-refractivity contribution is -0.133. The Labute approximate surface area is 194 Å². The predicted molar refractivity (Wildman–Crippen MR) is 122 cm³/mol. The molecular formula is C24H24N4O6. The molecule has 1 saturated carbocycles. The number of benzene rings is 2. The van der Waals surface area contributed by atoms with Crippen LogP contribution in [0.4, 0.5) is 0 Å². The summed E-state index contributed by atoms with van der Waals surface area (Å²) >= 11 is 0. The summed E-state index contributed by atoms with van der Waals surface area (Å²) in [6.45, 7) is -0.162. The van der Waals surface area contributed by atoms with E-state index in [0.717, 1.165) is 5.56 Å². The number of nitrogens with two attached hydrogens (primary N) is 2. The van der Waals surface area contributed by atoms with Gasteiger partial charge in [-0.3, -0.25) is 19.4 Å². The minimum atomic E-state index is -1.34. The third-order valence-electron chi connectivity index (χ3n) is 5.97. The summed E-state index contributed by atoms with van der Waals surface area (Å²) in [4.78, 5) is 40.2. The summed E-state index contributed by atoms with van der Waals surface area (Å²) in [5.74, 6) is -0.886. The third-order valence-corrected chi connectivity index (χ3v) is 5.97. The van der Waals surface area contributed by atoms with Gasteiger partial charge in [-0.25, -0.2) is 0 Å². The highest BCUT2D eigenvalue weighted by atomic mass is 16.5. The second-order valence-corrected chi connectivity index (χ2v) is 7.95. The van der Waals surface area contributed by atoms with Crippen molar-refractivity contribution in [1.82, 2.24) is 10.3 Å². The average Bonchev–Trinajstić information content (AvgIpc) is 3.60. The van der Waals surface area contributed by atoms with Crippen LogP contribution in [0.3, 0.4) is 0 Å². The molecule has 0 bridgehead atoms. The Balaban J connectivity index is 1.63. The normalized spacial score (nSPS) is 16.0. The number of aliphatic hydroxyl groups excluding tert-OH is 1. The number of nitrogens with zero attached hydrogens (tertiary/aromatic N) is 1. The molecule has 1 aromatic heterocycles. The standard InChI is InChI=1S/C24H24N4O6/c1-27-21(30)16-10-15-18(11-20(16)33-9-8-29)28-7-6-19(15)34-14-4-2-13(3-5-14)17-12-24(17,22(25)31)23(26)32/h2-7,10-11,17,29H,8-9,12H2,1H3,(H2,25,31)(H2,26,32)(H,27,30). The molecule has 1 unspecified atom stereocenters. The number of carbonyl (C=O) groups excluding carboxylic acids is 3. The van der Waals surface area contributed by atoms with E-state index in [9.17, 15) is 14.4 Å². The number of nitrogens with one attached hydrogen (secondary N) is 1. The summed E-state index contributed by atoms with van der Waals surface area (Å²) in [7, 11) is 1.51. The number of amides is 3. The number of hydrogen-bond donors (Lipinski definition) is 4. The molecule has 1 atom stereocenters. The maximum atomic E-state index is 12.4.